The monoisotopic (exact) mass is 412 g/mol. The van der Waals surface area contributed by atoms with Gasteiger partial charge in [-0.25, -0.2) is 9.59 Å². The van der Waals surface area contributed by atoms with Gasteiger partial charge in [0.05, 0.1) is 25.3 Å². The summed E-state index contributed by atoms with van der Waals surface area (Å²) in [5, 5.41) is 2.74. The van der Waals surface area contributed by atoms with E-state index in [2.05, 4.69) is 5.32 Å². The second-order valence-corrected chi connectivity index (χ2v) is 6.90. The molecule has 0 spiro atoms. The van der Waals surface area contributed by atoms with E-state index in [1.807, 2.05) is 30.3 Å². The molecule has 3 amide bonds. The van der Waals surface area contributed by atoms with Crippen molar-refractivity contribution in [2.75, 3.05) is 21.3 Å². The van der Waals surface area contributed by atoms with Crippen LogP contribution in [0.5, 0.6) is 11.5 Å². The van der Waals surface area contributed by atoms with Gasteiger partial charge in [-0.3, -0.25) is 9.69 Å². The average Bonchev–Trinajstić information content (AvgIpc) is 3.60. The first kappa shape index (κ1) is 21.2. The first-order valence-corrected chi connectivity index (χ1v) is 9.50. The number of carbonyl (C=O) groups is 3. The van der Waals surface area contributed by atoms with Gasteiger partial charge in [-0.05, 0) is 30.5 Å². The number of hydrogen-bond acceptors (Lipinski definition) is 6. The number of imide groups is 1. The third-order valence-corrected chi connectivity index (χ3v) is 4.69. The van der Waals surface area contributed by atoms with Crippen molar-refractivity contribution in [3.63, 3.8) is 0 Å². The Kier molecular flexibility index (Phi) is 6.56. The highest BCUT2D eigenvalue weighted by atomic mass is 16.5. The van der Waals surface area contributed by atoms with Crippen LogP contribution in [-0.2, 0) is 11.3 Å². The fourth-order valence-electron chi connectivity index (χ4n) is 2.80. The van der Waals surface area contributed by atoms with Crippen LogP contribution in [0.15, 0.2) is 42.5 Å². The lowest BCUT2D eigenvalue weighted by atomic mass is 10.0. The number of benzene rings is 2. The molecule has 2 aromatic rings. The SMILES string of the molecule is COC(=O)c1cc(OC)c(OCc2ccccc2)cc1C(=O)N(C)C(=O)NC1CC1. The van der Waals surface area contributed by atoms with Crippen molar-refractivity contribution < 1.29 is 28.6 Å². The maximum Gasteiger partial charge on any atom is 0.338 e. The van der Waals surface area contributed by atoms with Gasteiger partial charge in [0, 0.05) is 13.1 Å². The van der Waals surface area contributed by atoms with Crippen LogP contribution in [0.2, 0.25) is 0 Å². The molecule has 8 nitrogen and oxygen atoms in total. The number of amides is 3. The van der Waals surface area contributed by atoms with Crippen LogP contribution < -0.4 is 14.8 Å². The average molecular weight is 412 g/mol. The number of esters is 1. The summed E-state index contributed by atoms with van der Waals surface area (Å²) in [5.41, 5.74) is 0.891. The smallest absolute Gasteiger partial charge is 0.338 e. The second-order valence-electron chi connectivity index (χ2n) is 6.90. The molecule has 1 aliphatic carbocycles. The number of rotatable bonds is 7. The Morgan fingerprint density at radius 2 is 1.70 bits per heavy atom. The number of hydrogen-bond donors (Lipinski definition) is 1. The molecular weight excluding hydrogens is 388 g/mol. The molecule has 0 saturated heterocycles. The molecule has 0 heterocycles. The van der Waals surface area contributed by atoms with E-state index in [0.717, 1.165) is 23.3 Å². The lowest BCUT2D eigenvalue weighted by Gasteiger charge is -2.19. The summed E-state index contributed by atoms with van der Waals surface area (Å²) in [5.74, 6) is -0.829. The van der Waals surface area contributed by atoms with Crippen molar-refractivity contribution in [3.05, 3.63) is 59.2 Å². The van der Waals surface area contributed by atoms with Gasteiger partial charge < -0.3 is 19.5 Å². The van der Waals surface area contributed by atoms with Gasteiger partial charge in [-0.1, -0.05) is 30.3 Å². The van der Waals surface area contributed by atoms with E-state index in [9.17, 15) is 14.4 Å². The molecule has 158 valence electrons. The quantitative estimate of drug-likeness (QED) is 0.703. The molecule has 1 fully saturated rings. The summed E-state index contributed by atoms with van der Waals surface area (Å²) in [7, 11) is 4.00. The van der Waals surface area contributed by atoms with Crippen molar-refractivity contribution in [2.24, 2.45) is 0 Å². The van der Waals surface area contributed by atoms with Gasteiger partial charge in [0.2, 0.25) is 0 Å². The van der Waals surface area contributed by atoms with Gasteiger partial charge >= 0.3 is 12.0 Å². The molecular formula is C22H24N2O6. The van der Waals surface area contributed by atoms with Crippen molar-refractivity contribution in [1.82, 2.24) is 10.2 Å². The predicted octanol–water partition coefficient (Wildman–Crippen LogP) is 3.00. The number of nitrogens with zero attached hydrogens (tertiary/aromatic N) is 1. The van der Waals surface area contributed by atoms with E-state index < -0.39 is 17.9 Å². The maximum absolute atomic E-state index is 13.0. The Bertz CT molecular complexity index is 940. The summed E-state index contributed by atoms with van der Waals surface area (Å²) < 4.78 is 16.0. The fraction of sp³-hybridized carbons (Fsp3) is 0.318. The molecule has 0 bridgehead atoms. The van der Waals surface area contributed by atoms with E-state index >= 15 is 0 Å². The van der Waals surface area contributed by atoms with Crippen LogP contribution in [0.4, 0.5) is 4.79 Å². The minimum absolute atomic E-state index is 0.0147. The van der Waals surface area contributed by atoms with E-state index in [1.54, 1.807) is 0 Å². The summed E-state index contributed by atoms with van der Waals surface area (Å²) in [6.45, 7) is 0.237. The molecule has 1 N–H and O–H groups in total. The zero-order chi connectivity index (χ0) is 21.7. The lowest BCUT2D eigenvalue weighted by Crippen LogP contribution is -2.42. The standard InChI is InChI=1S/C22H24N2O6/c1-24(22(27)23-15-9-10-15)20(25)16-11-19(30-13-14-7-5-4-6-8-14)18(28-2)12-17(16)21(26)29-3/h4-8,11-12,15H,9-10,13H2,1-3H3,(H,23,27). The topological polar surface area (TPSA) is 94.2 Å². The summed E-state index contributed by atoms with van der Waals surface area (Å²) >= 11 is 0. The highest BCUT2D eigenvalue weighted by Crippen LogP contribution is 2.32. The zero-order valence-electron chi connectivity index (χ0n) is 17.1. The van der Waals surface area contributed by atoms with Gasteiger partial charge in [0.15, 0.2) is 11.5 Å². The normalized spacial score (nSPS) is 12.6. The third-order valence-electron chi connectivity index (χ3n) is 4.69. The predicted molar refractivity (Wildman–Crippen MR) is 109 cm³/mol. The number of carbonyl (C=O) groups excluding carboxylic acids is 3. The molecule has 0 aromatic heterocycles. The van der Waals surface area contributed by atoms with E-state index in [1.165, 1.54) is 33.4 Å². The maximum atomic E-state index is 13.0. The molecule has 0 atom stereocenters. The highest BCUT2D eigenvalue weighted by Gasteiger charge is 2.30. The van der Waals surface area contributed by atoms with Crippen LogP contribution in [-0.4, -0.2) is 50.1 Å². The first-order valence-electron chi connectivity index (χ1n) is 9.50. The molecule has 0 unspecified atom stereocenters. The van der Waals surface area contributed by atoms with Crippen LogP contribution in [0, 0.1) is 0 Å². The third kappa shape index (κ3) is 4.89. The molecule has 1 saturated carbocycles. The van der Waals surface area contributed by atoms with Crippen LogP contribution in [0.1, 0.15) is 39.1 Å². The van der Waals surface area contributed by atoms with Crippen molar-refractivity contribution in [3.8, 4) is 11.5 Å². The Hall–Kier alpha value is -3.55. The molecule has 30 heavy (non-hydrogen) atoms. The summed E-state index contributed by atoms with van der Waals surface area (Å²) in [6.07, 6.45) is 1.78. The number of urea groups is 1. The lowest BCUT2D eigenvalue weighted by molar-refractivity contribution is 0.0592. The van der Waals surface area contributed by atoms with Gasteiger partial charge in [-0.2, -0.15) is 0 Å². The van der Waals surface area contributed by atoms with Gasteiger partial charge in [0.1, 0.15) is 6.61 Å². The van der Waals surface area contributed by atoms with Crippen molar-refractivity contribution in [1.29, 1.82) is 0 Å². The Labute approximate surface area is 174 Å². The van der Waals surface area contributed by atoms with Crippen LogP contribution in [0.25, 0.3) is 0 Å². The molecule has 0 radical (unpaired) electrons. The summed E-state index contributed by atoms with van der Waals surface area (Å²) in [4.78, 5) is 38.5. The van der Waals surface area contributed by atoms with Gasteiger partial charge in [-0.15, -0.1) is 0 Å². The minimum atomic E-state index is -0.720. The van der Waals surface area contributed by atoms with Crippen LogP contribution >= 0.6 is 0 Å². The van der Waals surface area contributed by atoms with Crippen molar-refractivity contribution >= 4 is 17.9 Å². The molecule has 2 aromatic carbocycles. The molecule has 0 aliphatic heterocycles. The van der Waals surface area contributed by atoms with Gasteiger partial charge in [0.25, 0.3) is 5.91 Å². The Morgan fingerprint density at radius 1 is 1.03 bits per heavy atom. The summed E-state index contributed by atoms with van der Waals surface area (Å²) in [6, 6.07) is 11.8. The molecule has 3 rings (SSSR count). The molecule has 8 heteroatoms. The van der Waals surface area contributed by atoms with Crippen molar-refractivity contribution in [2.45, 2.75) is 25.5 Å². The molecule has 1 aliphatic rings. The van der Waals surface area contributed by atoms with E-state index in [0.29, 0.717) is 0 Å². The number of methoxy groups -OCH3 is 2. The zero-order valence-corrected chi connectivity index (χ0v) is 17.1. The van der Waals surface area contributed by atoms with E-state index in [-0.39, 0.29) is 35.3 Å². The largest absolute Gasteiger partial charge is 0.493 e. The van der Waals surface area contributed by atoms with E-state index in [4.69, 9.17) is 14.2 Å². The van der Waals surface area contributed by atoms with Crippen LogP contribution in [0.3, 0.4) is 0 Å². The Morgan fingerprint density at radius 3 is 2.30 bits per heavy atom. The number of nitrogens with one attached hydrogen (secondary N) is 1. The number of ether oxygens (including phenoxy) is 3. The first-order chi connectivity index (χ1) is 14.4. The second kappa shape index (κ2) is 9.30. The fourth-order valence-corrected chi connectivity index (χ4v) is 2.80. The Balaban J connectivity index is 1.92. The highest BCUT2D eigenvalue weighted by molar-refractivity contribution is 6.10. The minimum Gasteiger partial charge on any atom is -0.493 e.